The van der Waals surface area contributed by atoms with Gasteiger partial charge < -0.3 is 21.7 Å². The molecule has 1 atom stereocenters. The molecule has 0 heterocycles. The second-order valence-electron chi connectivity index (χ2n) is 3.28. The van der Waals surface area contributed by atoms with E-state index in [1.54, 1.807) is 0 Å². The summed E-state index contributed by atoms with van der Waals surface area (Å²) in [6.45, 7) is 1.35. The van der Waals surface area contributed by atoms with Crippen LogP contribution < -0.4 is 11.5 Å². The van der Waals surface area contributed by atoms with Gasteiger partial charge in [0.2, 0.25) is 0 Å². The van der Waals surface area contributed by atoms with Crippen molar-refractivity contribution in [2.75, 3.05) is 5.73 Å². The molecule has 1 aromatic rings. The Kier molecular flexibility index (Phi) is 2.35. The standard InChI is InChI=1S/C9H12N2O3/c1-9(11,8(13)14)6-3-2-5(12)4-7(6)10/h2-4,12H,10-11H2,1H3,(H,13,14)/t9-/m1/s1. The molecule has 0 saturated heterocycles. The molecule has 0 aromatic heterocycles. The highest BCUT2D eigenvalue weighted by molar-refractivity contribution is 5.82. The Morgan fingerprint density at radius 1 is 1.50 bits per heavy atom. The minimum Gasteiger partial charge on any atom is -0.508 e. The van der Waals surface area contributed by atoms with E-state index in [1.165, 1.54) is 25.1 Å². The van der Waals surface area contributed by atoms with E-state index in [-0.39, 0.29) is 17.0 Å². The van der Waals surface area contributed by atoms with Crippen molar-refractivity contribution in [3.63, 3.8) is 0 Å². The largest absolute Gasteiger partial charge is 0.508 e. The first-order chi connectivity index (χ1) is 6.35. The number of hydrogen-bond donors (Lipinski definition) is 4. The third-order valence-electron chi connectivity index (χ3n) is 2.04. The molecule has 6 N–H and O–H groups in total. The Morgan fingerprint density at radius 2 is 2.07 bits per heavy atom. The summed E-state index contributed by atoms with van der Waals surface area (Å²) >= 11 is 0. The zero-order valence-electron chi connectivity index (χ0n) is 7.69. The number of nitrogens with two attached hydrogens (primary N) is 2. The summed E-state index contributed by atoms with van der Waals surface area (Å²) in [6.07, 6.45) is 0. The Labute approximate surface area is 81.0 Å². The molecule has 0 saturated carbocycles. The molecule has 0 unspecified atom stereocenters. The zero-order valence-corrected chi connectivity index (χ0v) is 7.69. The van der Waals surface area contributed by atoms with Crippen molar-refractivity contribution in [2.45, 2.75) is 12.5 Å². The number of phenols is 1. The van der Waals surface area contributed by atoms with Gasteiger partial charge in [0.25, 0.3) is 0 Å². The molecule has 0 amide bonds. The van der Waals surface area contributed by atoms with Crippen molar-refractivity contribution in [1.29, 1.82) is 0 Å². The zero-order chi connectivity index (χ0) is 10.9. The predicted molar refractivity (Wildman–Crippen MR) is 51.7 cm³/mol. The maximum atomic E-state index is 10.8. The average Bonchev–Trinajstić information content (AvgIpc) is 2.02. The van der Waals surface area contributed by atoms with Crippen molar-refractivity contribution in [2.24, 2.45) is 5.73 Å². The third kappa shape index (κ3) is 1.62. The lowest BCUT2D eigenvalue weighted by atomic mass is 9.92. The Hall–Kier alpha value is -1.75. The van der Waals surface area contributed by atoms with Gasteiger partial charge in [0.1, 0.15) is 11.3 Å². The van der Waals surface area contributed by atoms with Crippen LogP contribution in [0.1, 0.15) is 12.5 Å². The molecule has 0 fully saturated rings. The number of carboxylic acid groups (broad SMARTS) is 1. The number of aromatic hydroxyl groups is 1. The van der Waals surface area contributed by atoms with Gasteiger partial charge in [-0.1, -0.05) is 6.07 Å². The molecule has 76 valence electrons. The topological polar surface area (TPSA) is 110 Å². The number of benzene rings is 1. The summed E-state index contributed by atoms with van der Waals surface area (Å²) in [7, 11) is 0. The van der Waals surface area contributed by atoms with Gasteiger partial charge in [-0.25, -0.2) is 4.79 Å². The Bertz CT molecular complexity index is 374. The second-order valence-corrected chi connectivity index (χ2v) is 3.28. The van der Waals surface area contributed by atoms with Crippen LogP contribution in [-0.4, -0.2) is 16.2 Å². The third-order valence-corrected chi connectivity index (χ3v) is 2.04. The summed E-state index contributed by atoms with van der Waals surface area (Å²) in [5.74, 6) is -1.19. The quantitative estimate of drug-likeness (QED) is 0.506. The molecule has 0 aliphatic rings. The molecular weight excluding hydrogens is 184 g/mol. The van der Waals surface area contributed by atoms with Gasteiger partial charge in [-0.2, -0.15) is 0 Å². The highest BCUT2D eigenvalue weighted by Gasteiger charge is 2.32. The summed E-state index contributed by atoms with van der Waals surface area (Å²) in [6, 6.07) is 4.02. The molecule has 5 nitrogen and oxygen atoms in total. The maximum Gasteiger partial charge on any atom is 0.328 e. The minimum atomic E-state index is -1.54. The van der Waals surface area contributed by atoms with Crippen LogP contribution in [0.4, 0.5) is 5.69 Å². The van der Waals surface area contributed by atoms with Crippen LogP contribution in [0.3, 0.4) is 0 Å². The van der Waals surface area contributed by atoms with Crippen molar-refractivity contribution < 1.29 is 15.0 Å². The number of anilines is 1. The first kappa shape index (κ1) is 10.3. The van der Waals surface area contributed by atoms with E-state index in [4.69, 9.17) is 21.7 Å². The van der Waals surface area contributed by atoms with Gasteiger partial charge in [-0.05, 0) is 13.0 Å². The van der Waals surface area contributed by atoms with E-state index < -0.39 is 11.5 Å². The monoisotopic (exact) mass is 196 g/mol. The van der Waals surface area contributed by atoms with E-state index in [2.05, 4.69) is 0 Å². The maximum absolute atomic E-state index is 10.8. The number of hydrogen-bond acceptors (Lipinski definition) is 4. The van der Waals surface area contributed by atoms with E-state index in [9.17, 15) is 4.79 Å². The summed E-state index contributed by atoms with van der Waals surface area (Å²) < 4.78 is 0. The van der Waals surface area contributed by atoms with E-state index in [1.807, 2.05) is 0 Å². The molecule has 1 aromatic carbocycles. The lowest BCUT2D eigenvalue weighted by Crippen LogP contribution is -2.42. The van der Waals surface area contributed by atoms with Crippen LogP contribution in [0, 0.1) is 0 Å². The first-order valence-electron chi connectivity index (χ1n) is 3.97. The van der Waals surface area contributed by atoms with Crippen LogP contribution in [0.15, 0.2) is 18.2 Å². The fourth-order valence-corrected chi connectivity index (χ4v) is 1.14. The molecule has 0 aliphatic carbocycles. The van der Waals surface area contributed by atoms with Gasteiger partial charge in [-0.15, -0.1) is 0 Å². The van der Waals surface area contributed by atoms with E-state index in [0.717, 1.165) is 0 Å². The van der Waals surface area contributed by atoms with Gasteiger partial charge >= 0.3 is 5.97 Å². The smallest absolute Gasteiger partial charge is 0.328 e. The van der Waals surface area contributed by atoms with Crippen LogP contribution in [0.2, 0.25) is 0 Å². The average molecular weight is 196 g/mol. The van der Waals surface area contributed by atoms with Gasteiger partial charge in [0, 0.05) is 17.3 Å². The number of carbonyl (C=O) groups is 1. The second kappa shape index (κ2) is 3.19. The lowest BCUT2D eigenvalue weighted by molar-refractivity contribution is -0.143. The van der Waals surface area contributed by atoms with Crippen LogP contribution >= 0.6 is 0 Å². The van der Waals surface area contributed by atoms with Gasteiger partial charge in [0.05, 0.1) is 0 Å². The van der Waals surface area contributed by atoms with Crippen molar-refractivity contribution in [3.8, 4) is 5.75 Å². The fourth-order valence-electron chi connectivity index (χ4n) is 1.14. The number of rotatable bonds is 2. The molecule has 14 heavy (non-hydrogen) atoms. The normalized spacial score (nSPS) is 14.7. The summed E-state index contributed by atoms with van der Waals surface area (Å²) in [5, 5.41) is 17.9. The van der Waals surface area contributed by atoms with Crippen LogP contribution in [-0.2, 0) is 10.3 Å². The van der Waals surface area contributed by atoms with E-state index >= 15 is 0 Å². The highest BCUT2D eigenvalue weighted by Crippen LogP contribution is 2.27. The van der Waals surface area contributed by atoms with Crippen molar-refractivity contribution in [1.82, 2.24) is 0 Å². The van der Waals surface area contributed by atoms with Gasteiger partial charge in [0.15, 0.2) is 0 Å². The Balaban J connectivity index is 3.26. The number of aliphatic carboxylic acids is 1. The molecule has 0 aliphatic heterocycles. The molecule has 0 spiro atoms. The van der Waals surface area contributed by atoms with Crippen LogP contribution in [0.25, 0.3) is 0 Å². The van der Waals surface area contributed by atoms with Crippen molar-refractivity contribution in [3.05, 3.63) is 23.8 Å². The predicted octanol–water partition coefficient (Wildman–Crippen LogP) is 0.233. The van der Waals surface area contributed by atoms with Crippen molar-refractivity contribution >= 4 is 11.7 Å². The summed E-state index contributed by atoms with van der Waals surface area (Å²) in [5.41, 5.74) is 10.0. The highest BCUT2D eigenvalue weighted by atomic mass is 16.4. The molecule has 0 radical (unpaired) electrons. The van der Waals surface area contributed by atoms with E-state index in [0.29, 0.717) is 0 Å². The molecule has 1 rings (SSSR count). The number of nitrogen functional groups attached to an aromatic ring is 1. The number of carboxylic acids is 1. The minimum absolute atomic E-state index is 0.0209. The number of phenolic OH excluding ortho intramolecular Hbond substituents is 1. The van der Waals surface area contributed by atoms with Gasteiger partial charge in [-0.3, -0.25) is 0 Å². The SMILES string of the molecule is C[C@](N)(C(=O)O)c1ccc(O)cc1N. The first-order valence-corrected chi connectivity index (χ1v) is 3.97. The molecule has 5 heteroatoms. The molecule has 0 bridgehead atoms. The summed E-state index contributed by atoms with van der Waals surface area (Å²) in [4.78, 5) is 10.8. The lowest BCUT2D eigenvalue weighted by Gasteiger charge is -2.21. The Morgan fingerprint density at radius 3 is 2.50 bits per heavy atom. The molecular formula is C9H12N2O3. The fraction of sp³-hybridized carbons (Fsp3) is 0.222. The van der Waals surface area contributed by atoms with Crippen LogP contribution in [0.5, 0.6) is 5.75 Å².